The molecule has 0 heterocycles. The Morgan fingerprint density at radius 3 is 2.16 bits per heavy atom. The van der Waals surface area contributed by atoms with Crippen LogP contribution >= 0.6 is 12.4 Å². The molecule has 0 bridgehead atoms. The van der Waals surface area contributed by atoms with E-state index in [9.17, 15) is 8.42 Å². The zero-order valence-electron chi connectivity index (χ0n) is 10.1. The summed E-state index contributed by atoms with van der Waals surface area (Å²) in [5, 5.41) is 0. The summed E-state index contributed by atoms with van der Waals surface area (Å²) >= 11 is 0. The molecule has 0 aliphatic carbocycles. The van der Waals surface area contributed by atoms with E-state index < -0.39 is 10.0 Å². The van der Waals surface area contributed by atoms with Gasteiger partial charge in [-0.25, -0.2) is 8.42 Å². The Kier molecular flexibility index (Phi) is 5.35. The van der Waals surface area contributed by atoms with E-state index >= 15 is 0 Å². The Balaban J connectivity index is 0.00000180. The first-order valence-electron chi connectivity index (χ1n) is 5.49. The van der Waals surface area contributed by atoms with Gasteiger partial charge in [-0.15, -0.1) is 12.4 Å². The third kappa shape index (κ3) is 3.70. The summed E-state index contributed by atoms with van der Waals surface area (Å²) in [6.45, 7) is 0.285. The van der Waals surface area contributed by atoms with Gasteiger partial charge in [-0.1, -0.05) is 36.4 Å². The minimum Gasteiger partial charge on any atom is -0.326 e. The highest BCUT2D eigenvalue weighted by Gasteiger charge is 2.14. The van der Waals surface area contributed by atoms with E-state index in [1.807, 2.05) is 6.07 Å². The molecule has 0 radical (unpaired) electrons. The fourth-order valence-electron chi connectivity index (χ4n) is 1.60. The Hall–Kier alpha value is -1.56. The lowest BCUT2D eigenvalue weighted by atomic mass is 10.2. The maximum atomic E-state index is 12.1. The third-order valence-corrected chi connectivity index (χ3v) is 3.92. The van der Waals surface area contributed by atoms with Crippen LogP contribution in [0.5, 0.6) is 0 Å². The van der Waals surface area contributed by atoms with Gasteiger partial charge in [-0.2, -0.15) is 0 Å². The van der Waals surface area contributed by atoms with Gasteiger partial charge in [0, 0.05) is 6.54 Å². The molecule has 19 heavy (non-hydrogen) atoms. The molecule has 0 amide bonds. The van der Waals surface area contributed by atoms with E-state index in [2.05, 4.69) is 4.72 Å². The predicted molar refractivity (Wildman–Crippen MR) is 78.8 cm³/mol. The van der Waals surface area contributed by atoms with Crippen molar-refractivity contribution in [1.29, 1.82) is 0 Å². The van der Waals surface area contributed by atoms with Crippen molar-refractivity contribution in [1.82, 2.24) is 0 Å². The van der Waals surface area contributed by atoms with Crippen molar-refractivity contribution < 1.29 is 8.42 Å². The fourth-order valence-corrected chi connectivity index (χ4v) is 2.72. The van der Waals surface area contributed by atoms with Crippen molar-refractivity contribution in [3.8, 4) is 0 Å². The smallest absolute Gasteiger partial charge is 0.261 e. The first kappa shape index (κ1) is 15.5. The first-order valence-corrected chi connectivity index (χ1v) is 6.97. The predicted octanol–water partition coefficient (Wildman–Crippen LogP) is 2.37. The number of nitrogens with one attached hydrogen (secondary N) is 1. The van der Waals surface area contributed by atoms with Gasteiger partial charge in [-0.05, 0) is 23.8 Å². The molecule has 2 aromatic carbocycles. The molecule has 6 heteroatoms. The largest absolute Gasteiger partial charge is 0.326 e. The van der Waals surface area contributed by atoms with Crippen molar-refractivity contribution in [2.45, 2.75) is 11.4 Å². The lowest BCUT2D eigenvalue weighted by molar-refractivity contribution is 0.601. The molecule has 2 rings (SSSR count). The second-order valence-electron chi connectivity index (χ2n) is 3.78. The van der Waals surface area contributed by atoms with Crippen LogP contribution in [0.3, 0.4) is 0 Å². The topological polar surface area (TPSA) is 72.2 Å². The summed E-state index contributed by atoms with van der Waals surface area (Å²) in [7, 11) is -3.55. The minimum absolute atomic E-state index is 0. The Bertz CT molecular complexity index is 630. The van der Waals surface area contributed by atoms with E-state index in [1.165, 1.54) is 0 Å². The summed E-state index contributed by atoms with van der Waals surface area (Å²) < 4.78 is 26.8. The summed E-state index contributed by atoms with van der Waals surface area (Å²) in [4.78, 5) is 0.233. The number of benzene rings is 2. The van der Waals surface area contributed by atoms with Crippen molar-refractivity contribution in [2.75, 3.05) is 4.72 Å². The SMILES string of the molecule is Cl.NCc1ccccc1NS(=O)(=O)c1ccccc1. The van der Waals surface area contributed by atoms with Crippen molar-refractivity contribution in [3.63, 3.8) is 0 Å². The molecule has 0 aromatic heterocycles. The van der Waals surface area contributed by atoms with Gasteiger partial charge in [0.2, 0.25) is 0 Å². The van der Waals surface area contributed by atoms with Gasteiger partial charge in [0.25, 0.3) is 10.0 Å². The number of rotatable bonds is 4. The van der Waals surface area contributed by atoms with Gasteiger partial charge in [-0.3, -0.25) is 4.72 Å². The number of para-hydroxylation sites is 1. The van der Waals surface area contributed by atoms with Crippen molar-refractivity contribution >= 4 is 28.1 Å². The molecule has 0 aliphatic rings. The summed E-state index contributed by atoms with van der Waals surface area (Å²) in [5.41, 5.74) is 6.85. The monoisotopic (exact) mass is 298 g/mol. The quantitative estimate of drug-likeness (QED) is 0.910. The molecule has 0 saturated carbocycles. The average Bonchev–Trinajstić information content (AvgIpc) is 2.40. The summed E-state index contributed by atoms with van der Waals surface area (Å²) in [5.74, 6) is 0. The standard InChI is InChI=1S/C13H14N2O2S.ClH/c14-10-11-6-4-5-9-13(11)15-18(16,17)12-7-2-1-3-8-12;/h1-9,15H,10,14H2;1H. The van der Waals surface area contributed by atoms with Crippen LogP contribution in [0.2, 0.25) is 0 Å². The molecule has 2 aromatic rings. The maximum absolute atomic E-state index is 12.1. The Morgan fingerprint density at radius 2 is 1.53 bits per heavy atom. The molecule has 102 valence electrons. The molecule has 3 N–H and O–H groups in total. The number of hydrogen-bond acceptors (Lipinski definition) is 3. The zero-order chi connectivity index (χ0) is 13.0. The second-order valence-corrected chi connectivity index (χ2v) is 5.46. The van der Waals surface area contributed by atoms with Crippen molar-refractivity contribution in [3.05, 3.63) is 60.2 Å². The van der Waals surface area contributed by atoms with Crippen LogP contribution in [-0.2, 0) is 16.6 Å². The van der Waals surface area contributed by atoms with Crippen LogP contribution in [0, 0.1) is 0 Å². The van der Waals surface area contributed by atoms with Gasteiger partial charge in [0.05, 0.1) is 10.6 Å². The van der Waals surface area contributed by atoms with Crippen LogP contribution in [0.1, 0.15) is 5.56 Å². The lowest BCUT2D eigenvalue weighted by Crippen LogP contribution is -2.14. The zero-order valence-corrected chi connectivity index (χ0v) is 11.7. The molecule has 4 nitrogen and oxygen atoms in total. The Labute approximate surface area is 119 Å². The van der Waals surface area contributed by atoms with E-state index in [0.717, 1.165) is 5.56 Å². The maximum Gasteiger partial charge on any atom is 0.261 e. The van der Waals surface area contributed by atoms with Crippen molar-refractivity contribution in [2.24, 2.45) is 5.73 Å². The average molecular weight is 299 g/mol. The van der Waals surface area contributed by atoms with Gasteiger partial charge in [0.15, 0.2) is 0 Å². The van der Waals surface area contributed by atoms with E-state index in [-0.39, 0.29) is 23.8 Å². The number of hydrogen-bond donors (Lipinski definition) is 2. The third-order valence-electron chi connectivity index (χ3n) is 2.54. The molecular weight excluding hydrogens is 284 g/mol. The fraction of sp³-hybridized carbons (Fsp3) is 0.0769. The van der Waals surface area contributed by atoms with Gasteiger partial charge < -0.3 is 5.73 Å². The highest BCUT2D eigenvalue weighted by Crippen LogP contribution is 2.19. The number of sulfonamides is 1. The van der Waals surface area contributed by atoms with Crippen LogP contribution in [-0.4, -0.2) is 8.42 Å². The molecule has 0 saturated heterocycles. The van der Waals surface area contributed by atoms with E-state index in [0.29, 0.717) is 5.69 Å². The molecule has 0 fully saturated rings. The minimum atomic E-state index is -3.55. The summed E-state index contributed by atoms with van der Waals surface area (Å²) in [6, 6.07) is 15.3. The molecule has 0 spiro atoms. The van der Waals surface area contributed by atoms with Gasteiger partial charge >= 0.3 is 0 Å². The molecule has 0 aliphatic heterocycles. The summed E-state index contributed by atoms with van der Waals surface area (Å²) in [6.07, 6.45) is 0. The highest BCUT2D eigenvalue weighted by molar-refractivity contribution is 7.92. The molecule has 0 unspecified atom stereocenters. The highest BCUT2D eigenvalue weighted by atomic mass is 35.5. The van der Waals surface area contributed by atoms with Crippen LogP contribution in [0.4, 0.5) is 5.69 Å². The van der Waals surface area contributed by atoms with Gasteiger partial charge in [0.1, 0.15) is 0 Å². The van der Waals surface area contributed by atoms with E-state index in [1.54, 1.807) is 48.5 Å². The Morgan fingerprint density at radius 1 is 0.947 bits per heavy atom. The van der Waals surface area contributed by atoms with Crippen LogP contribution in [0.15, 0.2) is 59.5 Å². The number of nitrogens with two attached hydrogens (primary N) is 1. The van der Waals surface area contributed by atoms with Crippen LogP contribution < -0.4 is 10.5 Å². The second kappa shape index (κ2) is 6.56. The normalized spacial score (nSPS) is 10.6. The number of halogens is 1. The molecular formula is C13H15ClN2O2S. The first-order chi connectivity index (χ1) is 8.63. The molecule has 0 atom stereocenters. The van der Waals surface area contributed by atoms with Crippen LogP contribution in [0.25, 0.3) is 0 Å². The number of anilines is 1. The van der Waals surface area contributed by atoms with E-state index in [4.69, 9.17) is 5.73 Å². The lowest BCUT2D eigenvalue weighted by Gasteiger charge is -2.11.